The van der Waals surface area contributed by atoms with Crippen LogP contribution in [0, 0.1) is 13.8 Å². The van der Waals surface area contributed by atoms with Gasteiger partial charge in [-0.3, -0.25) is 0 Å². The Hall–Kier alpha value is -2.69. The van der Waals surface area contributed by atoms with Crippen molar-refractivity contribution in [1.29, 1.82) is 0 Å². The van der Waals surface area contributed by atoms with Crippen LogP contribution in [-0.4, -0.2) is 26.0 Å². The summed E-state index contributed by atoms with van der Waals surface area (Å²) in [6, 6.07) is 7.90. The molecule has 2 N–H and O–H groups in total. The summed E-state index contributed by atoms with van der Waals surface area (Å²) >= 11 is 0. The number of nitrogens with zero attached hydrogens (tertiary/aromatic N) is 2. The molecule has 0 radical (unpaired) electrons. The lowest BCUT2D eigenvalue weighted by Crippen LogP contribution is -1.98. The molecule has 5 heteroatoms. The van der Waals surface area contributed by atoms with Gasteiger partial charge in [-0.25, -0.2) is 14.8 Å². The Morgan fingerprint density at radius 3 is 2.50 bits per heavy atom. The number of H-pyrrole nitrogens is 1. The van der Waals surface area contributed by atoms with E-state index in [1.54, 1.807) is 6.92 Å². The number of aromatic nitrogens is 3. The number of carboxylic acids is 1. The molecular weight excluding hydrogens is 254 g/mol. The van der Waals surface area contributed by atoms with Gasteiger partial charge in [-0.2, -0.15) is 0 Å². The molecule has 5 nitrogen and oxygen atoms in total. The molecule has 0 bridgehead atoms. The molecule has 0 fully saturated rings. The van der Waals surface area contributed by atoms with Crippen LogP contribution in [0.1, 0.15) is 21.6 Å². The van der Waals surface area contributed by atoms with Crippen molar-refractivity contribution in [3.63, 3.8) is 0 Å². The van der Waals surface area contributed by atoms with E-state index in [1.165, 1.54) is 11.8 Å². The number of rotatable bonds is 2. The quantitative estimate of drug-likeness (QED) is 0.748. The van der Waals surface area contributed by atoms with Crippen LogP contribution in [0.4, 0.5) is 0 Å². The van der Waals surface area contributed by atoms with Crippen LogP contribution in [0.25, 0.3) is 22.4 Å². The summed E-state index contributed by atoms with van der Waals surface area (Å²) in [5.41, 5.74) is 3.48. The molecule has 0 aliphatic heterocycles. The molecule has 1 aromatic carbocycles. The smallest absolute Gasteiger partial charge is 0.338 e. The lowest BCUT2D eigenvalue weighted by molar-refractivity contribution is 0.0699. The van der Waals surface area contributed by atoms with Gasteiger partial charge >= 0.3 is 5.97 Å². The maximum Gasteiger partial charge on any atom is 0.338 e. The highest BCUT2D eigenvalue weighted by atomic mass is 16.4. The van der Waals surface area contributed by atoms with Crippen LogP contribution in [0.3, 0.4) is 0 Å². The fourth-order valence-electron chi connectivity index (χ4n) is 2.21. The van der Waals surface area contributed by atoms with Crippen LogP contribution in [0.5, 0.6) is 0 Å². The first-order valence-corrected chi connectivity index (χ1v) is 6.22. The van der Waals surface area contributed by atoms with E-state index in [-0.39, 0.29) is 5.56 Å². The third kappa shape index (κ3) is 1.93. The van der Waals surface area contributed by atoms with Crippen molar-refractivity contribution in [3.05, 3.63) is 47.3 Å². The predicted octanol–water partition coefficient (Wildman–Crippen LogP) is 2.94. The zero-order chi connectivity index (χ0) is 14.3. The highest BCUT2D eigenvalue weighted by Crippen LogP contribution is 2.24. The number of fused-ring (bicyclic) bond motifs is 1. The molecule has 0 unspecified atom stereocenters. The van der Waals surface area contributed by atoms with E-state index in [1.807, 2.05) is 31.2 Å². The van der Waals surface area contributed by atoms with E-state index >= 15 is 0 Å². The summed E-state index contributed by atoms with van der Waals surface area (Å²) in [4.78, 5) is 22.9. The molecule has 0 aliphatic rings. The minimum atomic E-state index is -0.981. The predicted molar refractivity (Wildman–Crippen MR) is 75.8 cm³/mol. The summed E-state index contributed by atoms with van der Waals surface area (Å²) < 4.78 is 0. The molecule has 20 heavy (non-hydrogen) atoms. The van der Waals surface area contributed by atoms with Gasteiger partial charge in [0.2, 0.25) is 0 Å². The topological polar surface area (TPSA) is 78.9 Å². The van der Waals surface area contributed by atoms with Crippen molar-refractivity contribution < 1.29 is 9.90 Å². The molecule has 2 aromatic heterocycles. The fourth-order valence-corrected chi connectivity index (χ4v) is 2.21. The number of benzene rings is 1. The van der Waals surface area contributed by atoms with Crippen LogP contribution in [0.2, 0.25) is 0 Å². The summed E-state index contributed by atoms with van der Waals surface area (Å²) in [7, 11) is 0. The molecule has 0 spiro atoms. The van der Waals surface area contributed by atoms with Crippen LogP contribution >= 0.6 is 0 Å². The van der Waals surface area contributed by atoms with Crippen LogP contribution < -0.4 is 0 Å². The van der Waals surface area contributed by atoms with Gasteiger partial charge in [-0.05, 0) is 13.8 Å². The lowest BCUT2D eigenvalue weighted by Gasteiger charge is -2.04. The Morgan fingerprint density at radius 1 is 1.15 bits per heavy atom. The van der Waals surface area contributed by atoms with Crippen molar-refractivity contribution in [2.45, 2.75) is 13.8 Å². The summed E-state index contributed by atoms with van der Waals surface area (Å²) in [5, 5.41) is 9.70. The van der Waals surface area contributed by atoms with Crippen molar-refractivity contribution in [2.24, 2.45) is 0 Å². The minimum Gasteiger partial charge on any atom is -0.478 e. The number of aryl methyl sites for hydroxylation is 2. The van der Waals surface area contributed by atoms with Gasteiger partial charge in [0.25, 0.3) is 0 Å². The minimum absolute atomic E-state index is 0.202. The number of aromatic carboxylic acids is 1. The van der Waals surface area contributed by atoms with Gasteiger partial charge in [0.05, 0.1) is 16.6 Å². The normalized spacial score (nSPS) is 10.9. The number of nitrogens with one attached hydrogen (secondary N) is 1. The van der Waals surface area contributed by atoms with Crippen LogP contribution in [-0.2, 0) is 0 Å². The standard InChI is InChI=1S/C15H13N3O2/c1-8-3-5-10(6-4-8)13-17-9(2)12-11(15(19)20)7-16-14(12)18-13/h3-7H,1-2H3,(H,19,20)(H,16,17,18). The van der Waals surface area contributed by atoms with Gasteiger partial charge in [-0.15, -0.1) is 0 Å². The first-order chi connectivity index (χ1) is 9.56. The molecule has 100 valence electrons. The molecule has 2 heterocycles. The second-order valence-electron chi connectivity index (χ2n) is 4.73. The van der Waals surface area contributed by atoms with Crippen LogP contribution in [0.15, 0.2) is 30.5 Å². The number of hydrogen-bond acceptors (Lipinski definition) is 3. The van der Waals surface area contributed by atoms with Gasteiger partial charge in [0.1, 0.15) is 5.65 Å². The van der Waals surface area contributed by atoms with Crippen molar-refractivity contribution in [1.82, 2.24) is 15.0 Å². The van der Waals surface area contributed by atoms with Gasteiger partial charge in [-0.1, -0.05) is 29.8 Å². The van der Waals surface area contributed by atoms with E-state index in [0.717, 1.165) is 5.56 Å². The Balaban J connectivity index is 2.20. The maximum absolute atomic E-state index is 11.1. The highest BCUT2D eigenvalue weighted by Gasteiger charge is 2.16. The largest absolute Gasteiger partial charge is 0.478 e. The molecule has 0 amide bonds. The molecule has 0 aliphatic carbocycles. The maximum atomic E-state index is 11.1. The monoisotopic (exact) mass is 267 g/mol. The fraction of sp³-hybridized carbons (Fsp3) is 0.133. The number of hydrogen-bond donors (Lipinski definition) is 2. The SMILES string of the molecule is Cc1ccc(-c2nc(C)c3c(C(=O)O)c[nH]c3n2)cc1. The Bertz CT molecular complexity index is 804. The van der Waals surface area contributed by atoms with Crippen molar-refractivity contribution in [2.75, 3.05) is 0 Å². The van der Waals surface area contributed by atoms with E-state index in [0.29, 0.717) is 22.6 Å². The Labute approximate surface area is 115 Å². The number of carbonyl (C=O) groups is 1. The second kappa shape index (κ2) is 4.45. The summed E-state index contributed by atoms with van der Waals surface area (Å²) in [6.07, 6.45) is 1.45. The zero-order valence-corrected chi connectivity index (χ0v) is 11.1. The summed E-state index contributed by atoms with van der Waals surface area (Å²) in [5.74, 6) is -0.389. The average molecular weight is 267 g/mol. The first kappa shape index (κ1) is 12.3. The number of carboxylic acid groups (broad SMARTS) is 1. The van der Waals surface area contributed by atoms with E-state index in [2.05, 4.69) is 15.0 Å². The molecular formula is C15H13N3O2. The van der Waals surface area contributed by atoms with Crippen molar-refractivity contribution in [3.8, 4) is 11.4 Å². The zero-order valence-electron chi connectivity index (χ0n) is 11.1. The molecule has 0 saturated heterocycles. The summed E-state index contributed by atoms with van der Waals surface area (Å²) in [6.45, 7) is 3.81. The van der Waals surface area contributed by atoms with E-state index in [9.17, 15) is 4.79 Å². The van der Waals surface area contributed by atoms with Crippen molar-refractivity contribution >= 4 is 17.0 Å². The van der Waals surface area contributed by atoms with E-state index < -0.39 is 5.97 Å². The molecule has 0 saturated carbocycles. The Morgan fingerprint density at radius 2 is 1.85 bits per heavy atom. The van der Waals surface area contributed by atoms with Gasteiger partial charge < -0.3 is 10.1 Å². The molecule has 3 aromatic rings. The third-order valence-corrected chi connectivity index (χ3v) is 3.25. The average Bonchev–Trinajstić information content (AvgIpc) is 2.84. The Kier molecular flexibility index (Phi) is 2.75. The molecule has 0 atom stereocenters. The number of aromatic amines is 1. The van der Waals surface area contributed by atoms with E-state index in [4.69, 9.17) is 5.11 Å². The van der Waals surface area contributed by atoms with Gasteiger partial charge in [0, 0.05) is 11.8 Å². The highest BCUT2D eigenvalue weighted by molar-refractivity contribution is 6.03. The molecule has 3 rings (SSSR count). The first-order valence-electron chi connectivity index (χ1n) is 6.22. The second-order valence-corrected chi connectivity index (χ2v) is 4.73. The van der Waals surface area contributed by atoms with Gasteiger partial charge in [0.15, 0.2) is 5.82 Å². The third-order valence-electron chi connectivity index (χ3n) is 3.25. The lowest BCUT2D eigenvalue weighted by atomic mass is 10.1.